The van der Waals surface area contributed by atoms with Gasteiger partial charge in [0.05, 0.1) is 0 Å². The van der Waals surface area contributed by atoms with Gasteiger partial charge in [0.1, 0.15) is 0 Å². The number of hydrogen-bond donors (Lipinski definition) is 0. The first kappa shape index (κ1) is 17.6. The maximum Gasteiger partial charge on any atom is 0.186 e. The molecule has 0 aromatic heterocycles. The smallest absolute Gasteiger partial charge is 0.186 e. The lowest BCUT2D eigenvalue weighted by Crippen LogP contribution is -2.37. The summed E-state index contributed by atoms with van der Waals surface area (Å²) in [6, 6.07) is -2.07. The van der Waals surface area contributed by atoms with Crippen LogP contribution in [0.5, 0.6) is 0 Å². The average Bonchev–Trinajstić information content (AvgIpc) is 2.12. The fourth-order valence-corrected chi connectivity index (χ4v) is 6.54. The summed E-state index contributed by atoms with van der Waals surface area (Å²) in [6.07, 6.45) is 0. The molecule has 104 valence electrons. The van der Waals surface area contributed by atoms with Crippen LogP contribution in [-0.4, -0.2) is 29.6 Å². The second-order valence-electron chi connectivity index (χ2n) is 6.22. The van der Waals surface area contributed by atoms with Crippen molar-refractivity contribution in [1.29, 1.82) is 0 Å². The number of hydrogen-bond acceptors (Lipinski definition) is 3. The Kier molecular flexibility index (Phi) is 6.35. The zero-order valence-corrected chi connectivity index (χ0v) is 14.4. The zero-order valence-electron chi connectivity index (χ0n) is 12.7. The lowest BCUT2D eigenvalue weighted by molar-refractivity contribution is -0.0807. The van der Waals surface area contributed by atoms with Crippen LogP contribution >= 0.6 is 6.04 Å². The number of ether oxygens (including phenoxy) is 2. The van der Waals surface area contributed by atoms with E-state index >= 15 is 0 Å². The molecule has 0 spiro atoms. The Morgan fingerprint density at radius 2 is 1.18 bits per heavy atom. The maximum atomic E-state index is 6.09. The highest BCUT2D eigenvalue weighted by molar-refractivity contribution is 8.16. The van der Waals surface area contributed by atoms with Gasteiger partial charge in [-0.05, 0) is 24.2 Å². The van der Waals surface area contributed by atoms with Gasteiger partial charge in [-0.15, -0.1) is 0 Å². The second-order valence-corrected chi connectivity index (χ2v) is 12.4. The van der Waals surface area contributed by atoms with Gasteiger partial charge in [0.25, 0.3) is 0 Å². The average molecular weight is 280 g/mol. The fourth-order valence-electron chi connectivity index (χ4n) is 2.18. The quantitative estimate of drug-likeness (QED) is 0.548. The van der Waals surface area contributed by atoms with Gasteiger partial charge in [0.2, 0.25) is 0 Å². The molecule has 0 saturated heterocycles. The minimum Gasteiger partial charge on any atom is -0.348 e. The maximum absolute atomic E-state index is 6.09. The molecular weight excluding hydrogens is 251 g/mol. The molecule has 0 aliphatic rings. The lowest BCUT2D eigenvalue weighted by Gasteiger charge is -2.48. The van der Waals surface area contributed by atoms with E-state index in [1.807, 2.05) is 13.8 Å². The molecule has 0 amide bonds. The standard InChI is InChI=1S/C13H29O2PS/c1-9-14-11(15-10-2)16(17,12(3,4)5)13(6,7)8/h11H,9-10H2,1-8H3. The van der Waals surface area contributed by atoms with Crippen LogP contribution in [-0.2, 0) is 21.3 Å². The monoisotopic (exact) mass is 280 g/mol. The molecule has 0 rings (SSSR count). The van der Waals surface area contributed by atoms with Gasteiger partial charge in [-0.3, -0.25) is 0 Å². The van der Waals surface area contributed by atoms with Crippen molar-refractivity contribution in [1.82, 2.24) is 0 Å². The SMILES string of the molecule is CCOC(OCC)P(=S)(C(C)(C)C)C(C)(C)C. The summed E-state index contributed by atoms with van der Waals surface area (Å²) in [6.45, 7) is 18.6. The first-order chi connectivity index (χ1) is 7.52. The summed E-state index contributed by atoms with van der Waals surface area (Å²) in [7, 11) is 0. The Balaban J connectivity index is 5.52. The summed E-state index contributed by atoms with van der Waals surface area (Å²) in [5, 5.41) is 0.0746. The predicted octanol–water partition coefficient (Wildman–Crippen LogP) is 4.42. The van der Waals surface area contributed by atoms with E-state index in [1.165, 1.54) is 0 Å². The van der Waals surface area contributed by atoms with Gasteiger partial charge < -0.3 is 9.47 Å². The molecule has 0 aromatic carbocycles. The third kappa shape index (κ3) is 3.76. The van der Waals surface area contributed by atoms with Gasteiger partial charge in [0.15, 0.2) is 6.03 Å². The van der Waals surface area contributed by atoms with Crippen LogP contribution in [0.3, 0.4) is 0 Å². The van der Waals surface area contributed by atoms with Crippen molar-refractivity contribution in [2.75, 3.05) is 13.2 Å². The fraction of sp³-hybridized carbons (Fsp3) is 1.00. The Labute approximate surface area is 112 Å². The van der Waals surface area contributed by atoms with E-state index in [2.05, 4.69) is 41.5 Å². The van der Waals surface area contributed by atoms with Crippen LogP contribution in [0.2, 0.25) is 0 Å². The van der Waals surface area contributed by atoms with Crippen molar-refractivity contribution in [2.24, 2.45) is 0 Å². The summed E-state index contributed by atoms with van der Waals surface area (Å²) in [5.74, 6) is 0. The van der Waals surface area contributed by atoms with E-state index < -0.39 is 6.04 Å². The molecular formula is C13H29O2PS. The van der Waals surface area contributed by atoms with Crippen LogP contribution < -0.4 is 0 Å². The summed E-state index contributed by atoms with van der Waals surface area (Å²) in [4.78, 5) is 0. The normalized spacial score (nSPS) is 14.4. The van der Waals surface area contributed by atoms with Crippen molar-refractivity contribution < 1.29 is 9.47 Å². The molecule has 0 atom stereocenters. The molecule has 0 aromatic rings. The van der Waals surface area contributed by atoms with Gasteiger partial charge in [-0.25, -0.2) is 0 Å². The summed E-state index contributed by atoms with van der Waals surface area (Å²) >= 11 is 6.09. The van der Waals surface area contributed by atoms with Crippen molar-refractivity contribution in [2.45, 2.75) is 71.7 Å². The van der Waals surface area contributed by atoms with E-state index in [-0.39, 0.29) is 16.3 Å². The topological polar surface area (TPSA) is 18.5 Å². The van der Waals surface area contributed by atoms with E-state index in [4.69, 9.17) is 21.3 Å². The molecule has 0 saturated carbocycles. The lowest BCUT2D eigenvalue weighted by atomic mass is 10.2. The minimum atomic E-state index is -1.84. The summed E-state index contributed by atoms with van der Waals surface area (Å²) < 4.78 is 11.6. The van der Waals surface area contributed by atoms with E-state index in [9.17, 15) is 0 Å². The first-order valence-corrected chi connectivity index (χ1v) is 9.22. The van der Waals surface area contributed by atoms with Gasteiger partial charge in [0, 0.05) is 19.3 Å². The molecule has 0 unspecified atom stereocenters. The van der Waals surface area contributed by atoms with Gasteiger partial charge in [-0.1, -0.05) is 53.3 Å². The van der Waals surface area contributed by atoms with Crippen molar-refractivity contribution in [3.63, 3.8) is 0 Å². The number of rotatable bonds is 5. The van der Waals surface area contributed by atoms with Crippen molar-refractivity contribution in [3.8, 4) is 0 Å². The van der Waals surface area contributed by atoms with E-state index in [0.29, 0.717) is 13.2 Å². The molecule has 0 bridgehead atoms. The molecule has 0 fully saturated rings. The molecule has 4 heteroatoms. The molecule has 0 aliphatic carbocycles. The molecule has 17 heavy (non-hydrogen) atoms. The van der Waals surface area contributed by atoms with Crippen LogP contribution in [0.1, 0.15) is 55.4 Å². The van der Waals surface area contributed by atoms with Gasteiger partial charge >= 0.3 is 0 Å². The Morgan fingerprint density at radius 3 is 1.35 bits per heavy atom. The molecule has 0 N–H and O–H groups in total. The highest BCUT2D eigenvalue weighted by Crippen LogP contribution is 2.70. The largest absolute Gasteiger partial charge is 0.348 e. The van der Waals surface area contributed by atoms with E-state index in [0.717, 1.165) is 0 Å². The molecule has 0 aliphatic heterocycles. The summed E-state index contributed by atoms with van der Waals surface area (Å²) in [5.41, 5.74) is 0. The Hall–Kier alpha value is 0.570. The molecule has 0 heterocycles. The highest BCUT2D eigenvalue weighted by atomic mass is 32.4. The Morgan fingerprint density at radius 1 is 0.882 bits per heavy atom. The first-order valence-electron chi connectivity index (χ1n) is 6.35. The van der Waals surface area contributed by atoms with Crippen LogP contribution in [0.4, 0.5) is 0 Å². The minimum absolute atomic E-state index is 0.0373. The van der Waals surface area contributed by atoms with Crippen molar-refractivity contribution in [3.05, 3.63) is 0 Å². The third-order valence-electron chi connectivity index (χ3n) is 2.91. The zero-order chi connectivity index (χ0) is 13.9. The third-order valence-corrected chi connectivity index (χ3v) is 11.6. The van der Waals surface area contributed by atoms with Crippen LogP contribution in [0.25, 0.3) is 0 Å². The second kappa shape index (κ2) is 6.14. The van der Waals surface area contributed by atoms with Crippen LogP contribution in [0, 0.1) is 0 Å². The Bertz CT molecular complexity index is 252. The van der Waals surface area contributed by atoms with Crippen molar-refractivity contribution >= 4 is 17.8 Å². The highest BCUT2D eigenvalue weighted by Gasteiger charge is 2.48. The molecule has 0 radical (unpaired) electrons. The molecule has 2 nitrogen and oxygen atoms in total. The van der Waals surface area contributed by atoms with Gasteiger partial charge in [-0.2, -0.15) is 0 Å². The van der Waals surface area contributed by atoms with Crippen LogP contribution in [0.15, 0.2) is 0 Å². The predicted molar refractivity (Wildman–Crippen MR) is 80.8 cm³/mol. The van der Waals surface area contributed by atoms with E-state index in [1.54, 1.807) is 0 Å².